The maximum Gasteiger partial charge on any atom is 0.233 e. The summed E-state index contributed by atoms with van der Waals surface area (Å²) in [5.74, 6) is 0.0661. The first-order chi connectivity index (χ1) is 12.1. The first-order valence-corrected chi connectivity index (χ1v) is 8.69. The van der Waals surface area contributed by atoms with Gasteiger partial charge in [-0.25, -0.2) is 0 Å². The molecule has 0 N–H and O–H groups in total. The first kappa shape index (κ1) is 17.4. The van der Waals surface area contributed by atoms with Gasteiger partial charge in [-0.05, 0) is 25.0 Å². The molecule has 3 rings (SSSR count). The van der Waals surface area contributed by atoms with Crippen molar-refractivity contribution >= 4 is 5.91 Å². The smallest absolute Gasteiger partial charge is 0.233 e. The molecule has 2 aromatic rings. The quantitative estimate of drug-likeness (QED) is 0.573. The Labute approximate surface area is 149 Å². The first-order valence-electron chi connectivity index (χ1n) is 8.69. The second kappa shape index (κ2) is 7.66. The highest BCUT2D eigenvalue weighted by Gasteiger charge is 2.49. The molecule has 1 aliphatic rings. The number of benzene rings is 2. The number of hydrogen-bond acceptors (Lipinski definition) is 2. The number of β-lactam (4-membered cyclic amide) rings is 1. The average molecular weight is 335 g/mol. The lowest BCUT2D eigenvalue weighted by atomic mass is 9.79. The maximum atomic E-state index is 13.0. The Morgan fingerprint density at radius 3 is 2.24 bits per heavy atom. The van der Waals surface area contributed by atoms with E-state index in [2.05, 4.69) is 30.3 Å². The molecule has 1 fully saturated rings. The molecule has 3 heteroatoms. The van der Waals surface area contributed by atoms with E-state index >= 15 is 0 Å². The maximum absolute atomic E-state index is 13.0. The fraction of sp³-hybridized carbons (Fsp3) is 0.318. The summed E-state index contributed by atoms with van der Waals surface area (Å²) >= 11 is 0. The van der Waals surface area contributed by atoms with E-state index in [9.17, 15) is 4.79 Å². The van der Waals surface area contributed by atoms with Gasteiger partial charge in [-0.15, -0.1) is 0 Å². The molecule has 1 heterocycles. The zero-order valence-electron chi connectivity index (χ0n) is 15.1. The van der Waals surface area contributed by atoms with Crippen LogP contribution >= 0.6 is 0 Å². The minimum absolute atomic E-state index is 0.0453. The number of methoxy groups -OCH3 is 1. The summed E-state index contributed by atoms with van der Waals surface area (Å²) in [7, 11) is 1.69. The standard InChI is InChI=1S/C22H25NO2/c1-16(2)14-19-21(18-12-8-5-9-13-18)23(22(19)24)20(15-25-3)17-10-6-4-7-11-17/h4-14,19-21H,15H2,1-3H3/t19-,20+,21-/m0/s1. The molecule has 2 aromatic carbocycles. The highest BCUT2D eigenvalue weighted by Crippen LogP contribution is 2.46. The van der Waals surface area contributed by atoms with Gasteiger partial charge < -0.3 is 9.64 Å². The predicted octanol–water partition coefficient (Wildman–Crippen LogP) is 4.54. The van der Waals surface area contributed by atoms with Gasteiger partial charge in [0, 0.05) is 7.11 Å². The zero-order valence-corrected chi connectivity index (χ0v) is 15.1. The van der Waals surface area contributed by atoms with E-state index in [0.717, 1.165) is 5.56 Å². The van der Waals surface area contributed by atoms with Crippen LogP contribution in [0.1, 0.15) is 37.1 Å². The Balaban J connectivity index is 2.00. The van der Waals surface area contributed by atoms with E-state index in [0.29, 0.717) is 6.61 Å². The molecule has 1 aliphatic heterocycles. The van der Waals surface area contributed by atoms with E-state index in [1.807, 2.05) is 55.1 Å². The van der Waals surface area contributed by atoms with Crippen LogP contribution in [0.4, 0.5) is 0 Å². The fourth-order valence-corrected chi connectivity index (χ4v) is 3.59. The van der Waals surface area contributed by atoms with Crippen molar-refractivity contribution in [3.63, 3.8) is 0 Å². The third-order valence-electron chi connectivity index (χ3n) is 4.68. The molecule has 0 aromatic heterocycles. The van der Waals surface area contributed by atoms with Crippen LogP contribution in [0.15, 0.2) is 72.3 Å². The van der Waals surface area contributed by atoms with Gasteiger partial charge in [0.15, 0.2) is 0 Å². The Morgan fingerprint density at radius 2 is 1.68 bits per heavy atom. The van der Waals surface area contributed by atoms with Crippen molar-refractivity contribution in [1.82, 2.24) is 4.90 Å². The largest absolute Gasteiger partial charge is 0.382 e. The lowest BCUT2D eigenvalue weighted by Gasteiger charge is -2.50. The van der Waals surface area contributed by atoms with Crippen molar-refractivity contribution in [2.75, 3.05) is 13.7 Å². The van der Waals surface area contributed by atoms with Gasteiger partial charge in [-0.2, -0.15) is 0 Å². The van der Waals surface area contributed by atoms with Crippen molar-refractivity contribution in [3.05, 3.63) is 83.4 Å². The van der Waals surface area contributed by atoms with Crippen molar-refractivity contribution in [1.29, 1.82) is 0 Å². The Bertz CT molecular complexity index is 735. The molecule has 3 nitrogen and oxygen atoms in total. The molecule has 0 aliphatic carbocycles. The summed E-state index contributed by atoms with van der Waals surface area (Å²) in [4.78, 5) is 15.0. The van der Waals surface area contributed by atoms with Gasteiger partial charge in [-0.3, -0.25) is 4.79 Å². The molecule has 130 valence electrons. The van der Waals surface area contributed by atoms with Gasteiger partial charge in [0.05, 0.1) is 24.6 Å². The summed E-state index contributed by atoms with van der Waals surface area (Å²) < 4.78 is 5.45. The minimum atomic E-state index is -0.101. The number of nitrogens with zero attached hydrogens (tertiary/aromatic N) is 1. The topological polar surface area (TPSA) is 29.5 Å². The monoisotopic (exact) mass is 335 g/mol. The molecule has 3 atom stereocenters. The minimum Gasteiger partial charge on any atom is -0.382 e. The second-order valence-electron chi connectivity index (χ2n) is 6.75. The number of hydrogen-bond donors (Lipinski definition) is 0. The second-order valence-corrected chi connectivity index (χ2v) is 6.75. The normalized spacial score (nSPS) is 20.8. The van der Waals surface area contributed by atoms with Crippen LogP contribution in [-0.2, 0) is 9.53 Å². The van der Waals surface area contributed by atoms with Crippen LogP contribution in [0.3, 0.4) is 0 Å². The molecule has 0 radical (unpaired) electrons. The lowest BCUT2D eigenvalue weighted by molar-refractivity contribution is -0.160. The number of allylic oxidation sites excluding steroid dienone is 1. The summed E-state index contributed by atoms with van der Waals surface area (Å²) in [5.41, 5.74) is 3.44. The molecule has 0 spiro atoms. The number of carbonyl (C=O) groups excluding carboxylic acids is 1. The molecule has 0 saturated carbocycles. The third-order valence-corrected chi connectivity index (χ3v) is 4.68. The molecule has 1 amide bonds. The number of amides is 1. The van der Waals surface area contributed by atoms with Crippen molar-refractivity contribution < 1.29 is 9.53 Å². The van der Waals surface area contributed by atoms with Crippen molar-refractivity contribution in [3.8, 4) is 0 Å². The van der Waals surface area contributed by atoms with Crippen LogP contribution in [0.2, 0.25) is 0 Å². The van der Waals surface area contributed by atoms with Gasteiger partial charge in [0.25, 0.3) is 0 Å². The summed E-state index contributed by atoms with van der Waals surface area (Å²) in [6.45, 7) is 4.57. The van der Waals surface area contributed by atoms with Gasteiger partial charge in [-0.1, -0.05) is 72.3 Å². The van der Waals surface area contributed by atoms with Gasteiger partial charge in [0.1, 0.15) is 0 Å². The predicted molar refractivity (Wildman–Crippen MR) is 100 cm³/mol. The van der Waals surface area contributed by atoms with E-state index < -0.39 is 0 Å². The molecular formula is C22H25NO2. The van der Waals surface area contributed by atoms with Crippen LogP contribution in [-0.4, -0.2) is 24.5 Å². The summed E-state index contributed by atoms with van der Waals surface area (Å²) in [6, 6.07) is 20.4. The van der Waals surface area contributed by atoms with Crippen LogP contribution in [0, 0.1) is 5.92 Å². The third kappa shape index (κ3) is 3.52. The molecule has 1 saturated heterocycles. The van der Waals surface area contributed by atoms with E-state index in [4.69, 9.17) is 4.74 Å². The SMILES string of the molecule is COC[C@H](c1ccccc1)N1C(=O)[C@@H](C=C(C)C)[C@@H]1c1ccccc1. The Kier molecular flexibility index (Phi) is 5.34. The van der Waals surface area contributed by atoms with Gasteiger partial charge >= 0.3 is 0 Å². The molecule has 0 unspecified atom stereocenters. The number of likely N-dealkylation sites (tertiary alicyclic amines) is 1. The molecular weight excluding hydrogens is 310 g/mol. The van der Waals surface area contributed by atoms with E-state index in [1.165, 1.54) is 11.1 Å². The number of ether oxygens (including phenoxy) is 1. The number of rotatable bonds is 6. The molecule has 0 bridgehead atoms. The van der Waals surface area contributed by atoms with Crippen molar-refractivity contribution in [2.45, 2.75) is 25.9 Å². The van der Waals surface area contributed by atoms with Crippen LogP contribution < -0.4 is 0 Å². The van der Waals surface area contributed by atoms with Crippen LogP contribution in [0.5, 0.6) is 0 Å². The van der Waals surface area contributed by atoms with Gasteiger partial charge in [0.2, 0.25) is 5.91 Å². The lowest BCUT2D eigenvalue weighted by Crippen LogP contribution is -2.56. The molecule has 25 heavy (non-hydrogen) atoms. The highest BCUT2D eigenvalue weighted by atomic mass is 16.5. The fourth-order valence-electron chi connectivity index (χ4n) is 3.59. The Morgan fingerprint density at radius 1 is 1.08 bits per heavy atom. The van der Waals surface area contributed by atoms with Crippen LogP contribution in [0.25, 0.3) is 0 Å². The number of carbonyl (C=O) groups is 1. The zero-order chi connectivity index (χ0) is 17.8. The van der Waals surface area contributed by atoms with Crippen molar-refractivity contribution in [2.24, 2.45) is 5.92 Å². The summed E-state index contributed by atoms with van der Waals surface area (Å²) in [6.07, 6.45) is 2.09. The van der Waals surface area contributed by atoms with E-state index in [1.54, 1.807) is 7.11 Å². The van der Waals surface area contributed by atoms with E-state index in [-0.39, 0.29) is 23.9 Å². The Hall–Kier alpha value is -2.39. The average Bonchev–Trinajstić information content (AvgIpc) is 2.64. The highest BCUT2D eigenvalue weighted by molar-refractivity contribution is 5.89. The summed E-state index contributed by atoms with van der Waals surface area (Å²) in [5, 5.41) is 0.